The highest BCUT2D eigenvalue weighted by Crippen LogP contribution is 2.66. The number of hydrogen-bond acceptors (Lipinski definition) is 9. The average molecular weight is 393 g/mol. The molecule has 1 aliphatic rings. The summed E-state index contributed by atoms with van der Waals surface area (Å²) in [4.78, 5) is 34.8. The molecule has 0 aliphatic carbocycles. The molecule has 23 heavy (non-hydrogen) atoms. The number of phosphoric acid groups is 3. The van der Waals surface area contributed by atoms with E-state index in [9.17, 15) is 23.7 Å². The predicted octanol–water partition coefficient (Wildman–Crippen LogP) is -1.28. The van der Waals surface area contributed by atoms with Crippen LogP contribution in [-0.2, 0) is 31.6 Å². The van der Waals surface area contributed by atoms with E-state index in [2.05, 4.69) is 13.1 Å². The first-order chi connectivity index (χ1) is 10.3. The van der Waals surface area contributed by atoms with E-state index in [1.165, 1.54) is 0 Å². The number of nitriles is 1. The fourth-order valence-electron chi connectivity index (χ4n) is 1.55. The smallest absolute Gasteiger partial charge is 0.389 e. The summed E-state index contributed by atoms with van der Waals surface area (Å²) in [6, 6.07) is 0.455. The number of hydrogen-bond donors (Lipinski definition) is 5. The van der Waals surface area contributed by atoms with Gasteiger partial charge in [-0.05, 0) is 0 Å². The SMILES string of the molecule is [B][C@@H]1O[C@H](COP(=O)(O)OP(=O)(O)OP(=O)(O)O)C(O)[C@@H]1C#N. The summed E-state index contributed by atoms with van der Waals surface area (Å²) in [7, 11) is -11.1. The van der Waals surface area contributed by atoms with E-state index < -0.39 is 54.2 Å². The fourth-order valence-corrected chi connectivity index (χ4v) is 4.58. The molecule has 1 aliphatic heterocycles. The van der Waals surface area contributed by atoms with E-state index in [4.69, 9.17) is 32.5 Å². The van der Waals surface area contributed by atoms with Crippen LogP contribution in [0.2, 0.25) is 0 Å². The Morgan fingerprint density at radius 1 is 1.13 bits per heavy atom. The summed E-state index contributed by atoms with van der Waals surface area (Å²) < 4.78 is 49.0. The number of ether oxygens (including phenoxy) is 1. The van der Waals surface area contributed by atoms with Crippen molar-refractivity contribution >= 4 is 31.3 Å². The molecule has 1 rings (SSSR count). The second kappa shape index (κ2) is 7.41. The van der Waals surface area contributed by atoms with E-state index in [1.54, 1.807) is 6.07 Å². The third kappa shape index (κ3) is 6.72. The topological polar surface area (TPSA) is 213 Å². The van der Waals surface area contributed by atoms with E-state index in [-0.39, 0.29) is 0 Å². The Labute approximate surface area is 130 Å². The van der Waals surface area contributed by atoms with Crippen molar-refractivity contribution in [3.05, 3.63) is 0 Å². The Bertz CT molecular complexity index is 614. The highest BCUT2D eigenvalue weighted by molar-refractivity contribution is 7.66. The molecule has 1 heterocycles. The third-order valence-corrected chi connectivity index (χ3v) is 6.20. The van der Waals surface area contributed by atoms with Crippen LogP contribution in [0.3, 0.4) is 0 Å². The molecule has 17 heteroatoms. The van der Waals surface area contributed by atoms with Gasteiger partial charge >= 0.3 is 23.5 Å². The monoisotopic (exact) mass is 393 g/mol. The molecule has 3 unspecified atom stereocenters. The van der Waals surface area contributed by atoms with Gasteiger partial charge in [0.2, 0.25) is 0 Å². The van der Waals surface area contributed by atoms with E-state index >= 15 is 0 Å². The maximum absolute atomic E-state index is 11.4. The fraction of sp³-hybridized carbons (Fsp3) is 0.833. The minimum atomic E-state index is -5.62. The summed E-state index contributed by atoms with van der Waals surface area (Å²) in [5, 5.41) is 18.4. The van der Waals surface area contributed by atoms with Crippen molar-refractivity contribution < 1.29 is 56.3 Å². The first-order valence-electron chi connectivity index (χ1n) is 5.53. The van der Waals surface area contributed by atoms with Crippen LogP contribution in [-0.4, -0.2) is 57.3 Å². The van der Waals surface area contributed by atoms with Gasteiger partial charge in [0.25, 0.3) is 0 Å². The van der Waals surface area contributed by atoms with Crippen molar-refractivity contribution in [1.82, 2.24) is 0 Å². The summed E-state index contributed by atoms with van der Waals surface area (Å²) in [5.41, 5.74) is 0. The van der Waals surface area contributed by atoms with Gasteiger partial charge in [0, 0.05) is 6.00 Å². The van der Waals surface area contributed by atoms with Gasteiger partial charge in [0.05, 0.1) is 24.7 Å². The number of phosphoric ester groups is 1. The minimum Gasteiger partial charge on any atom is -0.389 e. The molecule has 0 spiro atoms. The molecular formula is C6H11BNO12P3. The molecule has 0 aromatic carbocycles. The lowest BCUT2D eigenvalue weighted by Gasteiger charge is -2.19. The Balaban J connectivity index is 2.63. The van der Waals surface area contributed by atoms with Crippen molar-refractivity contribution in [1.29, 1.82) is 5.26 Å². The molecular weight excluding hydrogens is 382 g/mol. The van der Waals surface area contributed by atoms with Crippen molar-refractivity contribution in [2.45, 2.75) is 18.2 Å². The Kier molecular flexibility index (Phi) is 6.75. The van der Waals surface area contributed by atoms with Crippen molar-refractivity contribution in [3.63, 3.8) is 0 Å². The zero-order valence-electron chi connectivity index (χ0n) is 11.0. The molecule has 0 saturated carbocycles. The van der Waals surface area contributed by atoms with Crippen LogP contribution in [0.4, 0.5) is 0 Å². The first-order valence-corrected chi connectivity index (χ1v) is 10.1. The lowest BCUT2D eigenvalue weighted by atomic mass is 9.86. The summed E-state index contributed by atoms with van der Waals surface area (Å²) in [6.45, 7) is -0.878. The van der Waals surface area contributed by atoms with Gasteiger partial charge < -0.3 is 29.4 Å². The molecule has 2 radical (unpaired) electrons. The van der Waals surface area contributed by atoms with Crippen LogP contribution < -0.4 is 0 Å². The second-order valence-corrected chi connectivity index (χ2v) is 8.59. The van der Waals surface area contributed by atoms with Gasteiger partial charge in [-0.1, -0.05) is 0 Å². The lowest BCUT2D eigenvalue weighted by Crippen LogP contribution is -2.29. The largest absolute Gasteiger partial charge is 0.490 e. The van der Waals surface area contributed by atoms with Gasteiger partial charge in [-0.25, -0.2) is 13.7 Å². The van der Waals surface area contributed by atoms with Gasteiger partial charge in [-0.3, -0.25) is 4.52 Å². The molecule has 0 aromatic heterocycles. The molecule has 5 N–H and O–H groups in total. The zero-order chi connectivity index (χ0) is 18.1. The number of nitrogens with zero attached hydrogens (tertiary/aromatic N) is 1. The van der Waals surface area contributed by atoms with Gasteiger partial charge in [0.1, 0.15) is 14.0 Å². The molecule has 6 atom stereocenters. The molecule has 1 saturated heterocycles. The standard InChI is InChI=1S/C6H11BNO12P3/c7-6-3(1-8)5(9)4(18-6)2-17-22(13,14)20-23(15,16)19-21(10,11)12/h3-6,9H,2H2,(H,13,14)(H,15,16)(H2,10,11,12)/t3-,4+,5?,6+/m0/s1. The van der Waals surface area contributed by atoms with Crippen molar-refractivity contribution in [2.24, 2.45) is 5.92 Å². The highest BCUT2D eigenvalue weighted by Gasteiger charge is 2.44. The van der Waals surface area contributed by atoms with Crippen LogP contribution in [0.15, 0.2) is 0 Å². The van der Waals surface area contributed by atoms with E-state index in [0.29, 0.717) is 0 Å². The van der Waals surface area contributed by atoms with Gasteiger partial charge in [-0.15, -0.1) is 0 Å². The van der Waals surface area contributed by atoms with Crippen LogP contribution >= 0.6 is 23.5 Å². The molecule has 0 aromatic rings. The van der Waals surface area contributed by atoms with E-state index in [0.717, 1.165) is 0 Å². The summed E-state index contributed by atoms with van der Waals surface area (Å²) in [5.74, 6) is -1.13. The second-order valence-electron chi connectivity index (χ2n) is 4.17. The number of aliphatic hydroxyl groups is 1. The lowest BCUT2D eigenvalue weighted by molar-refractivity contribution is -0.00466. The maximum Gasteiger partial charge on any atom is 0.490 e. The maximum atomic E-state index is 11.4. The average Bonchev–Trinajstić information content (AvgIpc) is 2.56. The third-order valence-electron chi connectivity index (χ3n) is 2.40. The van der Waals surface area contributed by atoms with E-state index in [1.807, 2.05) is 0 Å². The molecule has 0 amide bonds. The summed E-state index contributed by atoms with van der Waals surface area (Å²) in [6.07, 6.45) is -2.79. The van der Waals surface area contributed by atoms with Crippen molar-refractivity contribution in [3.8, 4) is 6.07 Å². The van der Waals surface area contributed by atoms with Gasteiger partial charge in [-0.2, -0.15) is 13.9 Å². The van der Waals surface area contributed by atoms with Crippen LogP contribution in [0.25, 0.3) is 0 Å². The van der Waals surface area contributed by atoms with Gasteiger partial charge in [0.15, 0.2) is 0 Å². The molecule has 130 valence electrons. The normalized spacial score (nSPS) is 33.6. The molecule has 0 bridgehead atoms. The Morgan fingerprint density at radius 3 is 2.13 bits per heavy atom. The number of aliphatic hydroxyl groups excluding tert-OH is 1. The quantitative estimate of drug-likeness (QED) is 0.252. The van der Waals surface area contributed by atoms with Crippen LogP contribution in [0.5, 0.6) is 0 Å². The van der Waals surface area contributed by atoms with Crippen LogP contribution in [0.1, 0.15) is 0 Å². The Morgan fingerprint density at radius 2 is 1.70 bits per heavy atom. The highest BCUT2D eigenvalue weighted by atomic mass is 31.3. The van der Waals surface area contributed by atoms with Crippen LogP contribution in [0, 0.1) is 17.2 Å². The van der Waals surface area contributed by atoms with Crippen molar-refractivity contribution in [2.75, 3.05) is 6.61 Å². The summed E-state index contributed by atoms with van der Waals surface area (Å²) >= 11 is 0. The molecule has 13 nitrogen and oxygen atoms in total. The zero-order valence-corrected chi connectivity index (χ0v) is 13.7. The predicted molar refractivity (Wildman–Crippen MR) is 69.3 cm³/mol. The number of rotatable bonds is 7. The Hall–Kier alpha value is -0.115. The molecule has 1 fully saturated rings. The minimum absolute atomic E-state index is 0.878. The first kappa shape index (κ1) is 20.9.